The Bertz CT molecular complexity index is 833. The molecule has 1 aliphatic rings. The number of Topliss-reactive ketones (excluding diaryl/α,β-unsaturated/α-hetero) is 1. The average Bonchev–Trinajstić information content (AvgIpc) is 2.81. The van der Waals surface area contributed by atoms with Crippen LogP contribution in [0.2, 0.25) is 0 Å². The van der Waals surface area contributed by atoms with E-state index >= 15 is 0 Å². The number of nitrogens with zero attached hydrogens (tertiary/aromatic N) is 2. The van der Waals surface area contributed by atoms with E-state index in [9.17, 15) is 19.1 Å². The van der Waals surface area contributed by atoms with Gasteiger partial charge in [0.2, 0.25) is 0 Å². The van der Waals surface area contributed by atoms with Gasteiger partial charge < -0.3 is 10.0 Å². The number of aliphatic hydroxyl groups excluding tert-OH is 1. The summed E-state index contributed by atoms with van der Waals surface area (Å²) in [5.74, 6) is -2.33. The molecule has 0 spiro atoms. The number of amides is 1. The molecule has 0 fully saturated rings. The van der Waals surface area contributed by atoms with Crippen molar-refractivity contribution in [1.82, 2.24) is 9.88 Å². The van der Waals surface area contributed by atoms with Crippen LogP contribution in [0.4, 0.5) is 4.39 Å². The fraction of sp³-hybridized carbons (Fsp3) is 0.167. The summed E-state index contributed by atoms with van der Waals surface area (Å²) in [6, 6.07) is 8.43. The third-order valence-corrected chi connectivity index (χ3v) is 3.96. The Morgan fingerprint density at radius 3 is 2.67 bits per heavy atom. The Morgan fingerprint density at radius 1 is 1.29 bits per heavy atom. The summed E-state index contributed by atoms with van der Waals surface area (Å²) in [4.78, 5) is 29.7. The van der Waals surface area contributed by atoms with E-state index in [-0.39, 0.29) is 17.7 Å². The van der Waals surface area contributed by atoms with E-state index in [1.807, 2.05) is 0 Å². The topological polar surface area (TPSA) is 70.5 Å². The molecule has 0 radical (unpaired) electrons. The molecule has 122 valence electrons. The molecular formula is C18H15FN2O3. The van der Waals surface area contributed by atoms with Gasteiger partial charge in [0, 0.05) is 24.5 Å². The number of pyridine rings is 1. The van der Waals surface area contributed by atoms with Gasteiger partial charge in [0.1, 0.15) is 5.82 Å². The summed E-state index contributed by atoms with van der Waals surface area (Å²) < 4.78 is 14.3. The highest BCUT2D eigenvalue weighted by atomic mass is 19.1. The second-order valence-corrected chi connectivity index (χ2v) is 5.54. The largest absolute Gasteiger partial charge is 0.503 e. The first-order chi connectivity index (χ1) is 11.5. The van der Waals surface area contributed by atoms with Gasteiger partial charge in [-0.3, -0.25) is 14.6 Å². The normalized spacial score (nSPS) is 17.5. The molecule has 1 amide bonds. The van der Waals surface area contributed by atoms with Gasteiger partial charge in [-0.25, -0.2) is 4.39 Å². The van der Waals surface area contributed by atoms with Gasteiger partial charge in [-0.05, 0) is 24.6 Å². The van der Waals surface area contributed by atoms with Crippen LogP contribution < -0.4 is 0 Å². The van der Waals surface area contributed by atoms with Crippen LogP contribution in [-0.2, 0) is 16.1 Å². The van der Waals surface area contributed by atoms with E-state index in [2.05, 4.69) is 4.98 Å². The SMILES string of the molecule is CC(=O)C1=C(O)C(=O)N(Cc2cccnc2)[C@H]1c1ccccc1F. The van der Waals surface area contributed by atoms with E-state index in [1.165, 1.54) is 30.0 Å². The zero-order chi connectivity index (χ0) is 17.3. The summed E-state index contributed by atoms with van der Waals surface area (Å²) >= 11 is 0. The third kappa shape index (κ3) is 2.67. The fourth-order valence-corrected chi connectivity index (χ4v) is 2.88. The molecule has 1 aromatic heterocycles. The summed E-state index contributed by atoms with van der Waals surface area (Å²) in [7, 11) is 0. The van der Waals surface area contributed by atoms with E-state index < -0.39 is 29.3 Å². The molecule has 1 atom stereocenters. The number of carbonyl (C=O) groups excluding carboxylic acids is 2. The van der Waals surface area contributed by atoms with E-state index in [1.54, 1.807) is 30.6 Å². The quantitative estimate of drug-likeness (QED) is 0.938. The van der Waals surface area contributed by atoms with Crippen LogP contribution in [0.15, 0.2) is 60.1 Å². The van der Waals surface area contributed by atoms with Crippen molar-refractivity contribution in [3.8, 4) is 0 Å². The first-order valence-corrected chi connectivity index (χ1v) is 7.39. The Kier molecular flexibility index (Phi) is 4.12. The maximum absolute atomic E-state index is 14.3. The molecule has 24 heavy (non-hydrogen) atoms. The highest BCUT2D eigenvalue weighted by Gasteiger charge is 2.43. The van der Waals surface area contributed by atoms with Crippen LogP contribution in [-0.4, -0.2) is 26.7 Å². The molecular weight excluding hydrogens is 311 g/mol. The number of halogens is 1. The van der Waals surface area contributed by atoms with Gasteiger partial charge in [-0.1, -0.05) is 24.3 Å². The molecule has 1 N–H and O–H groups in total. The number of hydrogen-bond donors (Lipinski definition) is 1. The van der Waals surface area contributed by atoms with Gasteiger partial charge in [-0.2, -0.15) is 0 Å². The predicted molar refractivity (Wildman–Crippen MR) is 84.3 cm³/mol. The molecule has 0 aliphatic carbocycles. The lowest BCUT2D eigenvalue weighted by Crippen LogP contribution is -2.31. The second-order valence-electron chi connectivity index (χ2n) is 5.54. The van der Waals surface area contributed by atoms with Crippen LogP contribution in [0.25, 0.3) is 0 Å². The van der Waals surface area contributed by atoms with Gasteiger partial charge in [0.25, 0.3) is 5.91 Å². The first kappa shape index (κ1) is 15.9. The standard InChI is InChI=1S/C18H15FN2O3/c1-11(22)15-16(13-6-2-3-7-14(13)19)21(18(24)17(15)23)10-12-5-4-8-20-9-12/h2-9,16,23H,10H2,1H3/t16-/m0/s1. The van der Waals surface area contributed by atoms with Crippen molar-refractivity contribution >= 4 is 11.7 Å². The second kappa shape index (κ2) is 6.23. The number of carbonyl (C=O) groups is 2. The Balaban J connectivity index is 2.09. The van der Waals surface area contributed by atoms with Crippen molar-refractivity contribution in [2.45, 2.75) is 19.5 Å². The van der Waals surface area contributed by atoms with Crippen molar-refractivity contribution in [2.75, 3.05) is 0 Å². The van der Waals surface area contributed by atoms with E-state index in [0.29, 0.717) is 5.56 Å². The van der Waals surface area contributed by atoms with Crippen molar-refractivity contribution < 1.29 is 19.1 Å². The molecule has 3 rings (SSSR count). The molecule has 0 bridgehead atoms. The summed E-state index contributed by atoms with van der Waals surface area (Å²) in [6.07, 6.45) is 3.18. The number of aromatic nitrogens is 1. The lowest BCUT2D eigenvalue weighted by atomic mass is 9.96. The van der Waals surface area contributed by atoms with Crippen LogP contribution in [0.1, 0.15) is 24.1 Å². The third-order valence-electron chi connectivity index (χ3n) is 3.96. The molecule has 2 aromatic rings. The van der Waals surface area contributed by atoms with Crippen LogP contribution in [0.5, 0.6) is 0 Å². The molecule has 5 nitrogen and oxygen atoms in total. The summed E-state index contributed by atoms with van der Waals surface area (Å²) in [5.41, 5.74) is 0.794. The van der Waals surface area contributed by atoms with Gasteiger partial charge in [0.05, 0.1) is 11.6 Å². The smallest absolute Gasteiger partial charge is 0.290 e. The van der Waals surface area contributed by atoms with Crippen LogP contribution >= 0.6 is 0 Å². The Hall–Kier alpha value is -3.02. The zero-order valence-electron chi connectivity index (χ0n) is 12.9. The number of hydrogen-bond acceptors (Lipinski definition) is 4. The summed E-state index contributed by atoms with van der Waals surface area (Å²) in [6.45, 7) is 1.35. The van der Waals surface area contributed by atoms with Crippen molar-refractivity contribution in [3.05, 3.63) is 77.1 Å². The number of ketones is 1. The molecule has 1 aliphatic heterocycles. The maximum atomic E-state index is 14.3. The average molecular weight is 326 g/mol. The Morgan fingerprint density at radius 2 is 2.04 bits per heavy atom. The highest BCUT2D eigenvalue weighted by Crippen LogP contribution is 2.39. The molecule has 0 saturated heterocycles. The van der Waals surface area contributed by atoms with Crippen LogP contribution in [0, 0.1) is 5.82 Å². The molecule has 0 unspecified atom stereocenters. The molecule has 2 heterocycles. The zero-order valence-corrected chi connectivity index (χ0v) is 12.9. The summed E-state index contributed by atoms with van der Waals surface area (Å²) in [5, 5.41) is 10.1. The lowest BCUT2D eigenvalue weighted by Gasteiger charge is -2.26. The lowest BCUT2D eigenvalue weighted by molar-refractivity contribution is -0.130. The van der Waals surface area contributed by atoms with Crippen molar-refractivity contribution in [2.24, 2.45) is 0 Å². The maximum Gasteiger partial charge on any atom is 0.290 e. The van der Waals surface area contributed by atoms with Gasteiger partial charge in [0.15, 0.2) is 11.5 Å². The Labute approximate surface area is 138 Å². The number of benzene rings is 1. The van der Waals surface area contributed by atoms with Crippen molar-refractivity contribution in [3.63, 3.8) is 0 Å². The predicted octanol–water partition coefficient (Wildman–Crippen LogP) is 2.71. The van der Waals surface area contributed by atoms with Gasteiger partial charge in [-0.15, -0.1) is 0 Å². The highest BCUT2D eigenvalue weighted by molar-refractivity contribution is 6.08. The molecule has 6 heteroatoms. The molecule has 1 aromatic carbocycles. The van der Waals surface area contributed by atoms with E-state index in [0.717, 1.165) is 0 Å². The molecule has 0 saturated carbocycles. The van der Waals surface area contributed by atoms with Crippen molar-refractivity contribution in [1.29, 1.82) is 0 Å². The van der Waals surface area contributed by atoms with Crippen LogP contribution in [0.3, 0.4) is 0 Å². The first-order valence-electron chi connectivity index (χ1n) is 7.39. The number of aliphatic hydroxyl groups is 1. The van der Waals surface area contributed by atoms with E-state index in [4.69, 9.17) is 0 Å². The van der Waals surface area contributed by atoms with Gasteiger partial charge >= 0.3 is 0 Å². The number of rotatable bonds is 4. The monoisotopic (exact) mass is 326 g/mol. The minimum absolute atomic E-state index is 0.0889. The minimum atomic E-state index is -0.962. The minimum Gasteiger partial charge on any atom is -0.503 e. The fourth-order valence-electron chi connectivity index (χ4n) is 2.88.